The van der Waals surface area contributed by atoms with Crippen LogP contribution in [0.15, 0.2) is 33.6 Å². The molecule has 1 N–H and O–H groups in total. The van der Waals surface area contributed by atoms with E-state index in [0.717, 1.165) is 22.3 Å². The number of rotatable bonds is 5. The number of thiazole rings is 1. The van der Waals surface area contributed by atoms with Crippen molar-refractivity contribution < 1.29 is 4.74 Å². The summed E-state index contributed by atoms with van der Waals surface area (Å²) >= 11 is 5.11. The van der Waals surface area contributed by atoms with Crippen LogP contribution < -0.4 is 10.1 Å². The lowest BCUT2D eigenvalue weighted by Gasteiger charge is -2.16. The molecule has 3 nitrogen and oxygen atoms in total. The van der Waals surface area contributed by atoms with Crippen LogP contribution in [0.25, 0.3) is 0 Å². The highest BCUT2D eigenvalue weighted by atomic mass is 79.9. The molecule has 18 heavy (non-hydrogen) atoms. The average molecular weight is 327 g/mol. The molecule has 1 aromatic carbocycles. The molecule has 0 amide bonds. The van der Waals surface area contributed by atoms with Gasteiger partial charge in [-0.15, -0.1) is 11.3 Å². The molecule has 2 rings (SSSR count). The predicted molar refractivity (Wildman–Crippen MR) is 78.3 cm³/mol. The quantitative estimate of drug-likeness (QED) is 0.914. The molecule has 1 heterocycles. The van der Waals surface area contributed by atoms with Crippen molar-refractivity contribution in [1.29, 1.82) is 0 Å². The van der Waals surface area contributed by atoms with Crippen molar-refractivity contribution in [3.8, 4) is 5.75 Å². The van der Waals surface area contributed by atoms with Crippen LogP contribution in [0.1, 0.15) is 17.3 Å². The molecule has 0 saturated carbocycles. The number of ether oxygens (including phenoxy) is 1. The molecule has 1 atom stereocenters. The fraction of sp³-hybridized carbons (Fsp3) is 0.308. The van der Waals surface area contributed by atoms with Gasteiger partial charge in [0.05, 0.1) is 24.4 Å². The number of methoxy groups -OCH3 is 1. The first kappa shape index (κ1) is 13.5. The largest absolute Gasteiger partial charge is 0.496 e. The monoisotopic (exact) mass is 326 g/mol. The summed E-state index contributed by atoms with van der Waals surface area (Å²) in [4.78, 5) is 4.36. The lowest BCUT2D eigenvalue weighted by Crippen LogP contribution is -2.19. The number of halogens is 1. The SMILES string of the molecule is CNC(Cc1cc(Br)ccc1OC)c1cscn1. The second kappa shape index (κ2) is 6.31. The van der Waals surface area contributed by atoms with Crippen molar-refractivity contribution in [2.24, 2.45) is 0 Å². The minimum absolute atomic E-state index is 0.208. The molecule has 0 spiro atoms. The van der Waals surface area contributed by atoms with Crippen molar-refractivity contribution in [2.45, 2.75) is 12.5 Å². The standard InChI is InChI=1S/C13H15BrN2OS/c1-15-11(12-7-18-8-16-12)6-9-5-10(14)3-4-13(9)17-2/h3-5,7-8,11,15H,6H2,1-2H3. The van der Waals surface area contributed by atoms with Gasteiger partial charge >= 0.3 is 0 Å². The molecule has 0 aliphatic carbocycles. The Balaban J connectivity index is 2.24. The third kappa shape index (κ3) is 3.10. The molecule has 0 aliphatic heterocycles. The third-order valence-corrected chi connectivity index (χ3v) is 3.92. The maximum absolute atomic E-state index is 5.40. The van der Waals surface area contributed by atoms with E-state index in [1.807, 2.05) is 24.7 Å². The molecule has 1 aromatic heterocycles. The molecule has 0 bridgehead atoms. The third-order valence-electron chi connectivity index (χ3n) is 2.82. The molecule has 2 aromatic rings. The first-order valence-electron chi connectivity index (χ1n) is 5.62. The summed E-state index contributed by atoms with van der Waals surface area (Å²) in [5.41, 5.74) is 4.10. The van der Waals surface area contributed by atoms with Gasteiger partial charge in [-0.1, -0.05) is 15.9 Å². The Morgan fingerprint density at radius 3 is 2.94 bits per heavy atom. The molecule has 96 valence electrons. The van der Waals surface area contributed by atoms with Crippen LogP contribution in [0.4, 0.5) is 0 Å². The first-order chi connectivity index (χ1) is 8.74. The van der Waals surface area contributed by atoms with E-state index in [1.54, 1.807) is 18.4 Å². The molecule has 0 aliphatic rings. The summed E-state index contributed by atoms with van der Waals surface area (Å²) in [6.07, 6.45) is 0.850. The second-order valence-corrected chi connectivity index (χ2v) is 5.55. The Morgan fingerprint density at radius 1 is 1.50 bits per heavy atom. The van der Waals surface area contributed by atoms with E-state index in [0.29, 0.717) is 0 Å². The molecule has 1 unspecified atom stereocenters. The minimum atomic E-state index is 0.208. The first-order valence-corrected chi connectivity index (χ1v) is 7.36. The summed E-state index contributed by atoms with van der Waals surface area (Å²) in [6.45, 7) is 0. The number of nitrogens with zero attached hydrogens (tertiary/aromatic N) is 1. The van der Waals surface area contributed by atoms with Crippen molar-refractivity contribution in [3.05, 3.63) is 44.8 Å². The summed E-state index contributed by atoms with van der Waals surface area (Å²) in [7, 11) is 3.65. The summed E-state index contributed by atoms with van der Waals surface area (Å²) in [5.74, 6) is 0.911. The Hall–Kier alpha value is -0.910. The van der Waals surface area contributed by atoms with Crippen molar-refractivity contribution in [3.63, 3.8) is 0 Å². The van der Waals surface area contributed by atoms with E-state index < -0.39 is 0 Å². The van der Waals surface area contributed by atoms with Gasteiger partial charge in [0.15, 0.2) is 0 Å². The van der Waals surface area contributed by atoms with Crippen molar-refractivity contribution in [1.82, 2.24) is 10.3 Å². The maximum atomic E-state index is 5.40. The van der Waals surface area contributed by atoms with Gasteiger partial charge in [-0.3, -0.25) is 0 Å². The van der Waals surface area contributed by atoms with E-state index >= 15 is 0 Å². The molecule has 0 saturated heterocycles. The maximum Gasteiger partial charge on any atom is 0.122 e. The zero-order valence-corrected chi connectivity index (χ0v) is 12.7. The number of likely N-dealkylation sites (N-methyl/N-ethyl adjacent to an activating group) is 1. The highest BCUT2D eigenvalue weighted by Gasteiger charge is 2.15. The minimum Gasteiger partial charge on any atom is -0.496 e. The van der Waals surface area contributed by atoms with E-state index in [-0.39, 0.29) is 6.04 Å². The van der Waals surface area contributed by atoms with Crippen LogP contribution in [0.2, 0.25) is 0 Å². The van der Waals surface area contributed by atoms with Crippen molar-refractivity contribution in [2.75, 3.05) is 14.2 Å². The van der Waals surface area contributed by atoms with Gasteiger partial charge in [0.1, 0.15) is 5.75 Å². The fourth-order valence-electron chi connectivity index (χ4n) is 1.88. The zero-order chi connectivity index (χ0) is 13.0. The summed E-state index contributed by atoms with van der Waals surface area (Å²) < 4.78 is 6.46. The van der Waals surface area contributed by atoms with Crippen LogP contribution in [-0.4, -0.2) is 19.1 Å². The Morgan fingerprint density at radius 2 is 2.33 bits per heavy atom. The van der Waals surface area contributed by atoms with Gasteiger partial charge in [-0.2, -0.15) is 0 Å². The Kier molecular flexibility index (Phi) is 4.74. The molecule has 5 heteroatoms. The number of hydrogen-bond donors (Lipinski definition) is 1. The van der Waals surface area contributed by atoms with Crippen LogP contribution in [0, 0.1) is 0 Å². The van der Waals surface area contributed by atoms with Gasteiger partial charge in [0, 0.05) is 9.85 Å². The number of nitrogens with one attached hydrogen (secondary N) is 1. The highest BCUT2D eigenvalue weighted by Crippen LogP contribution is 2.27. The van der Waals surface area contributed by atoms with E-state index in [2.05, 4.69) is 37.7 Å². The number of benzene rings is 1. The Labute approximate surface area is 119 Å². The predicted octanol–water partition coefficient (Wildman–Crippen LogP) is 3.42. The molecule has 0 fully saturated rings. The molecular weight excluding hydrogens is 312 g/mol. The molecule has 0 radical (unpaired) electrons. The smallest absolute Gasteiger partial charge is 0.122 e. The Bertz CT molecular complexity index is 502. The number of hydrogen-bond acceptors (Lipinski definition) is 4. The lowest BCUT2D eigenvalue weighted by atomic mass is 10.0. The number of aromatic nitrogens is 1. The average Bonchev–Trinajstić information content (AvgIpc) is 2.90. The zero-order valence-electron chi connectivity index (χ0n) is 10.3. The van der Waals surface area contributed by atoms with Gasteiger partial charge < -0.3 is 10.1 Å². The summed E-state index contributed by atoms with van der Waals surface area (Å²) in [6, 6.07) is 6.27. The van der Waals surface area contributed by atoms with E-state index in [1.165, 1.54) is 5.56 Å². The lowest BCUT2D eigenvalue weighted by molar-refractivity contribution is 0.406. The fourth-order valence-corrected chi connectivity index (χ4v) is 2.89. The van der Waals surface area contributed by atoms with Crippen LogP contribution in [-0.2, 0) is 6.42 Å². The highest BCUT2D eigenvalue weighted by molar-refractivity contribution is 9.10. The van der Waals surface area contributed by atoms with Gasteiger partial charge in [-0.05, 0) is 37.2 Å². The van der Waals surface area contributed by atoms with Gasteiger partial charge in [-0.25, -0.2) is 4.98 Å². The van der Waals surface area contributed by atoms with E-state index in [4.69, 9.17) is 4.74 Å². The van der Waals surface area contributed by atoms with Crippen molar-refractivity contribution >= 4 is 27.3 Å². The molecular formula is C13H15BrN2OS. The second-order valence-electron chi connectivity index (χ2n) is 3.91. The van der Waals surface area contributed by atoms with Crippen LogP contribution in [0.3, 0.4) is 0 Å². The normalized spacial score (nSPS) is 12.4. The summed E-state index contributed by atoms with van der Waals surface area (Å²) in [5, 5.41) is 5.37. The van der Waals surface area contributed by atoms with Gasteiger partial charge in [0.25, 0.3) is 0 Å². The van der Waals surface area contributed by atoms with Crippen LogP contribution in [0.5, 0.6) is 5.75 Å². The van der Waals surface area contributed by atoms with Crippen LogP contribution >= 0.6 is 27.3 Å². The van der Waals surface area contributed by atoms with Gasteiger partial charge in [0.2, 0.25) is 0 Å². The van der Waals surface area contributed by atoms with E-state index in [9.17, 15) is 0 Å². The topological polar surface area (TPSA) is 34.1 Å².